The van der Waals surface area contributed by atoms with Gasteiger partial charge < -0.3 is 9.97 Å². The van der Waals surface area contributed by atoms with Crippen LogP contribution in [0.5, 0.6) is 0 Å². The maximum Gasteiger partial charge on any atom is 0.176 e. The number of pyridine rings is 2. The number of hydrogen-bond donors (Lipinski definition) is 2. The van der Waals surface area contributed by atoms with Crippen LogP contribution >= 0.6 is 12.2 Å². The van der Waals surface area contributed by atoms with Crippen molar-refractivity contribution < 1.29 is 0 Å². The first kappa shape index (κ1) is 11.1. The number of fused-ring (bicyclic) bond motifs is 1. The molecule has 0 bridgehead atoms. The second-order valence-corrected chi connectivity index (χ2v) is 4.47. The van der Waals surface area contributed by atoms with E-state index in [1.54, 1.807) is 0 Å². The van der Waals surface area contributed by atoms with Gasteiger partial charge in [0.05, 0.1) is 11.2 Å². The first-order chi connectivity index (χ1) is 8.76. The number of nitrogens with zero attached hydrogens (tertiary/aromatic N) is 2. The predicted molar refractivity (Wildman–Crippen MR) is 73.9 cm³/mol. The molecule has 2 N–H and O–H groups in total. The Morgan fingerprint density at radius 2 is 2.11 bits per heavy atom. The molecule has 0 spiro atoms. The fourth-order valence-corrected chi connectivity index (χ4v) is 2.11. The summed E-state index contributed by atoms with van der Waals surface area (Å²) in [6.07, 6.45) is 2.74. The lowest BCUT2D eigenvalue weighted by atomic mass is 10.1. The molecule has 3 heterocycles. The highest BCUT2D eigenvalue weighted by Crippen LogP contribution is 2.19. The number of aromatic amines is 2. The van der Waals surface area contributed by atoms with Gasteiger partial charge in [0.1, 0.15) is 0 Å². The van der Waals surface area contributed by atoms with Gasteiger partial charge >= 0.3 is 0 Å². The van der Waals surface area contributed by atoms with Crippen molar-refractivity contribution in [3.8, 4) is 11.3 Å². The van der Waals surface area contributed by atoms with E-state index >= 15 is 0 Å². The SMILES string of the molecule is CCc1cc(-c2ccc3[nH]c(=S)[nH]c3n2)ccn1. The van der Waals surface area contributed by atoms with Gasteiger partial charge in [0.15, 0.2) is 10.4 Å². The number of aromatic nitrogens is 4. The van der Waals surface area contributed by atoms with Crippen molar-refractivity contribution in [1.82, 2.24) is 19.9 Å². The fourth-order valence-electron chi connectivity index (χ4n) is 1.91. The molecular formula is C13H12N4S. The molecule has 18 heavy (non-hydrogen) atoms. The van der Waals surface area contributed by atoms with E-state index in [0.717, 1.165) is 34.5 Å². The molecule has 0 saturated carbocycles. The monoisotopic (exact) mass is 256 g/mol. The van der Waals surface area contributed by atoms with Crippen LogP contribution in [0.15, 0.2) is 30.5 Å². The number of aryl methyl sites for hydroxylation is 1. The van der Waals surface area contributed by atoms with Gasteiger partial charge in [-0.05, 0) is 42.9 Å². The summed E-state index contributed by atoms with van der Waals surface area (Å²) in [5, 5.41) is 0. The summed E-state index contributed by atoms with van der Waals surface area (Å²) in [6, 6.07) is 8.00. The summed E-state index contributed by atoms with van der Waals surface area (Å²) < 4.78 is 0.596. The third-order valence-electron chi connectivity index (χ3n) is 2.85. The Labute approximate surface area is 109 Å². The van der Waals surface area contributed by atoms with E-state index in [2.05, 4.69) is 32.9 Å². The Balaban J connectivity index is 2.15. The minimum Gasteiger partial charge on any atom is -0.329 e. The minimum atomic E-state index is 0.596. The summed E-state index contributed by atoms with van der Waals surface area (Å²) in [4.78, 5) is 14.9. The van der Waals surface area contributed by atoms with Crippen molar-refractivity contribution in [2.75, 3.05) is 0 Å². The van der Waals surface area contributed by atoms with Crippen LogP contribution in [0.1, 0.15) is 12.6 Å². The first-order valence-corrected chi connectivity index (χ1v) is 6.21. The summed E-state index contributed by atoms with van der Waals surface area (Å²) in [5.74, 6) is 0. The average molecular weight is 256 g/mol. The Bertz CT molecular complexity index is 757. The highest BCUT2D eigenvalue weighted by atomic mass is 32.1. The lowest BCUT2D eigenvalue weighted by Crippen LogP contribution is -1.89. The summed E-state index contributed by atoms with van der Waals surface area (Å²) >= 11 is 5.05. The molecule has 0 aliphatic heterocycles. The van der Waals surface area contributed by atoms with Crippen LogP contribution in [0.25, 0.3) is 22.4 Å². The maximum absolute atomic E-state index is 5.05. The zero-order chi connectivity index (χ0) is 12.5. The number of H-pyrrole nitrogens is 2. The summed E-state index contributed by atoms with van der Waals surface area (Å²) in [6.45, 7) is 2.09. The van der Waals surface area contributed by atoms with Gasteiger partial charge in [0.25, 0.3) is 0 Å². The molecule has 0 aliphatic carbocycles. The standard InChI is InChI=1S/C13H12N4S/c1-2-9-7-8(5-6-14-9)10-3-4-11-12(15-10)17-13(18)16-11/h3-7H,2H2,1H3,(H2,15,16,17,18). The molecule has 3 aromatic rings. The van der Waals surface area contributed by atoms with Crippen molar-refractivity contribution in [3.05, 3.63) is 40.9 Å². The molecule has 0 fully saturated rings. The van der Waals surface area contributed by atoms with Crippen molar-refractivity contribution in [1.29, 1.82) is 0 Å². The van der Waals surface area contributed by atoms with Crippen molar-refractivity contribution in [3.63, 3.8) is 0 Å². The number of hydrogen-bond acceptors (Lipinski definition) is 3. The average Bonchev–Trinajstić information content (AvgIpc) is 2.77. The highest BCUT2D eigenvalue weighted by molar-refractivity contribution is 7.71. The van der Waals surface area contributed by atoms with Crippen LogP contribution in [0.2, 0.25) is 0 Å². The topological polar surface area (TPSA) is 57.4 Å². The quantitative estimate of drug-likeness (QED) is 0.692. The molecular weight excluding hydrogens is 244 g/mol. The molecule has 0 radical (unpaired) electrons. The second-order valence-electron chi connectivity index (χ2n) is 4.06. The lowest BCUT2D eigenvalue weighted by Gasteiger charge is -2.02. The Kier molecular flexibility index (Phi) is 2.68. The predicted octanol–water partition coefficient (Wildman–Crippen LogP) is 3.24. The third kappa shape index (κ3) is 1.93. The van der Waals surface area contributed by atoms with E-state index in [9.17, 15) is 0 Å². The van der Waals surface area contributed by atoms with Gasteiger partial charge in [-0.3, -0.25) is 4.98 Å². The van der Waals surface area contributed by atoms with E-state index in [-0.39, 0.29) is 0 Å². The third-order valence-corrected chi connectivity index (χ3v) is 3.05. The van der Waals surface area contributed by atoms with E-state index in [1.807, 2.05) is 24.4 Å². The number of nitrogens with one attached hydrogen (secondary N) is 2. The summed E-state index contributed by atoms with van der Waals surface area (Å²) in [7, 11) is 0. The maximum atomic E-state index is 5.05. The van der Waals surface area contributed by atoms with Crippen LogP contribution < -0.4 is 0 Å². The molecule has 0 aliphatic rings. The summed E-state index contributed by atoms with van der Waals surface area (Å²) in [5.41, 5.74) is 4.77. The van der Waals surface area contributed by atoms with Gasteiger partial charge in [-0.15, -0.1) is 0 Å². The van der Waals surface area contributed by atoms with Crippen molar-refractivity contribution in [2.24, 2.45) is 0 Å². The number of imidazole rings is 1. The van der Waals surface area contributed by atoms with Crippen LogP contribution in [0, 0.1) is 4.77 Å². The Morgan fingerprint density at radius 3 is 2.94 bits per heavy atom. The molecule has 3 rings (SSSR count). The highest BCUT2D eigenvalue weighted by Gasteiger charge is 2.04. The molecule has 4 nitrogen and oxygen atoms in total. The van der Waals surface area contributed by atoms with E-state index in [4.69, 9.17) is 12.2 Å². The van der Waals surface area contributed by atoms with Crippen LogP contribution in [0.4, 0.5) is 0 Å². The molecule has 0 saturated heterocycles. The largest absolute Gasteiger partial charge is 0.329 e. The zero-order valence-corrected chi connectivity index (χ0v) is 10.7. The minimum absolute atomic E-state index is 0.596. The van der Waals surface area contributed by atoms with Crippen molar-refractivity contribution >= 4 is 23.4 Å². The normalized spacial score (nSPS) is 10.9. The van der Waals surface area contributed by atoms with Gasteiger partial charge in [0.2, 0.25) is 0 Å². The fraction of sp³-hybridized carbons (Fsp3) is 0.154. The van der Waals surface area contributed by atoms with Gasteiger partial charge in [-0.1, -0.05) is 6.92 Å². The first-order valence-electron chi connectivity index (χ1n) is 5.80. The molecule has 3 aromatic heterocycles. The van der Waals surface area contributed by atoms with Crippen molar-refractivity contribution in [2.45, 2.75) is 13.3 Å². The molecule has 0 unspecified atom stereocenters. The van der Waals surface area contributed by atoms with Gasteiger partial charge in [0, 0.05) is 17.5 Å². The van der Waals surface area contributed by atoms with E-state index in [1.165, 1.54) is 0 Å². The van der Waals surface area contributed by atoms with Crippen LogP contribution in [-0.2, 0) is 6.42 Å². The number of rotatable bonds is 2. The molecule has 0 atom stereocenters. The second kappa shape index (κ2) is 4.34. The lowest BCUT2D eigenvalue weighted by molar-refractivity contribution is 1.04. The van der Waals surface area contributed by atoms with Gasteiger partial charge in [-0.2, -0.15) is 0 Å². The van der Waals surface area contributed by atoms with Gasteiger partial charge in [-0.25, -0.2) is 4.98 Å². The molecule has 0 amide bonds. The molecule has 5 heteroatoms. The Hall–Kier alpha value is -2.01. The smallest absolute Gasteiger partial charge is 0.176 e. The zero-order valence-electron chi connectivity index (χ0n) is 9.90. The van der Waals surface area contributed by atoms with E-state index < -0.39 is 0 Å². The van der Waals surface area contributed by atoms with E-state index in [0.29, 0.717) is 4.77 Å². The molecule has 90 valence electrons. The Morgan fingerprint density at radius 1 is 1.22 bits per heavy atom. The van der Waals surface area contributed by atoms with Crippen LogP contribution in [-0.4, -0.2) is 19.9 Å². The molecule has 0 aromatic carbocycles. The van der Waals surface area contributed by atoms with Crippen LogP contribution in [0.3, 0.4) is 0 Å².